The monoisotopic (exact) mass is 358 g/mol. The van der Waals surface area contributed by atoms with Gasteiger partial charge in [0.05, 0.1) is 7.11 Å². The fourth-order valence-corrected chi connectivity index (χ4v) is 1.94. The normalized spacial score (nSPS) is 11.2. The first-order valence-corrected chi connectivity index (χ1v) is 7.63. The van der Waals surface area contributed by atoms with Crippen molar-refractivity contribution in [1.29, 1.82) is 0 Å². The molecule has 1 aromatic carbocycles. The van der Waals surface area contributed by atoms with Crippen LogP contribution in [0.5, 0.6) is 11.5 Å². The third-order valence-corrected chi connectivity index (χ3v) is 3.28. The van der Waals surface area contributed by atoms with Crippen molar-refractivity contribution in [2.24, 2.45) is 4.99 Å². The number of benzene rings is 1. The van der Waals surface area contributed by atoms with Crippen LogP contribution < -0.4 is 20.1 Å². The zero-order chi connectivity index (χ0) is 18.8. The summed E-state index contributed by atoms with van der Waals surface area (Å²) in [5, 5.41) is 5.97. The van der Waals surface area contributed by atoms with Gasteiger partial charge in [-0.05, 0) is 18.2 Å². The molecule has 0 aliphatic heterocycles. The molecule has 0 radical (unpaired) electrons. The van der Waals surface area contributed by atoms with Gasteiger partial charge >= 0.3 is 6.61 Å². The number of aliphatic imine (C=N–C) groups is 1. The minimum Gasteiger partial charge on any atom is -0.497 e. The zero-order valence-electron chi connectivity index (χ0n) is 14.8. The molecule has 0 spiro atoms. The molecule has 0 saturated carbocycles. The van der Waals surface area contributed by atoms with E-state index in [1.807, 2.05) is 0 Å². The maximum Gasteiger partial charge on any atom is 0.387 e. The lowest BCUT2D eigenvalue weighted by Crippen LogP contribution is -2.38. The second-order valence-electron chi connectivity index (χ2n) is 5.24. The topological polar surface area (TPSA) is 75.2 Å². The lowest BCUT2D eigenvalue weighted by molar-refractivity contribution is -0.128. The van der Waals surface area contributed by atoms with Gasteiger partial charge in [0.2, 0.25) is 5.91 Å². The van der Waals surface area contributed by atoms with Gasteiger partial charge in [0.1, 0.15) is 11.5 Å². The summed E-state index contributed by atoms with van der Waals surface area (Å²) in [4.78, 5) is 17.1. The van der Waals surface area contributed by atoms with Crippen LogP contribution in [-0.2, 0) is 11.3 Å². The van der Waals surface area contributed by atoms with Crippen molar-refractivity contribution in [1.82, 2.24) is 15.5 Å². The highest BCUT2D eigenvalue weighted by Crippen LogP contribution is 2.25. The van der Waals surface area contributed by atoms with Crippen LogP contribution in [0.4, 0.5) is 8.78 Å². The zero-order valence-corrected chi connectivity index (χ0v) is 14.8. The maximum absolute atomic E-state index is 12.5. The predicted octanol–water partition coefficient (Wildman–Crippen LogP) is 1.44. The number of nitrogens with zero attached hydrogens (tertiary/aromatic N) is 2. The van der Waals surface area contributed by atoms with Gasteiger partial charge in [0, 0.05) is 46.2 Å². The highest BCUT2D eigenvalue weighted by Gasteiger charge is 2.12. The average Bonchev–Trinajstić information content (AvgIpc) is 2.58. The Kier molecular flexibility index (Phi) is 8.45. The largest absolute Gasteiger partial charge is 0.497 e. The molecule has 1 aromatic rings. The van der Waals surface area contributed by atoms with E-state index >= 15 is 0 Å². The standard InChI is InChI=1S/C16H24F2N4O3/c1-19-16(20-8-7-14(23)22(2)3)21-10-11-9-12(24-4)5-6-13(11)25-15(17)18/h5-6,9,15H,7-8,10H2,1-4H3,(H2,19,20,21). The van der Waals surface area contributed by atoms with Crippen LogP contribution in [0.1, 0.15) is 12.0 Å². The van der Waals surface area contributed by atoms with E-state index in [4.69, 9.17) is 4.74 Å². The molecule has 0 aliphatic carbocycles. The molecule has 0 aromatic heterocycles. The summed E-state index contributed by atoms with van der Waals surface area (Å²) in [6.07, 6.45) is 0.312. The van der Waals surface area contributed by atoms with E-state index in [9.17, 15) is 13.6 Å². The fraction of sp³-hybridized carbons (Fsp3) is 0.500. The highest BCUT2D eigenvalue weighted by molar-refractivity contribution is 5.81. The lowest BCUT2D eigenvalue weighted by Gasteiger charge is -2.16. The van der Waals surface area contributed by atoms with Crippen molar-refractivity contribution in [2.75, 3.05) is 34.8 Å². The molecule has 140 valence electrons. The number of alkyl halides is 2. The third-order valence-electron chi connectivity index (χ3n) is 3.28. The summed E-state index contributed by atoms with van der Waals surface area (Å²) < 4.78 is 34.6. The first-order valence-electron chi connectivity index (χ1n) is 7.63. The van der Waals surface area contributed by atoms with Gasteiger partial charge in [-0.1, -0.05) is 0 Å². The van der Waals surface area contributed by atoms with Crippen molar-refractivity contribution in [2.45, 2.75) is 19.6 Å². The second-order valence-corrected chi connectivity index (χ2v) is 5.24. The molecule has 9 heteroatoms. The number of methoxy groups -OCH3 is 1. The molecule has 0 bridgehead atoms. The summed E-state index contributed by atoms with van der Waals surface area (Å²) >= 11 is 0. The van der Waals surface area contributed by atoms with E-state index < -0.39 is 6.61 Å². The Bertz CT molecular complexity index is 595. The number of halogens is 2. The van der Waals surface area contributed by atoms with E-state index in [2.05, 4.69) is 20.4 Å². The van der Waals surface area contributed by atoms with Crippen molar-refractivity contribution in [3.63, 3.8) is 0 Å². The molecule has 0 aliphatic rings. The SMILES string of the molecule is CN=C(NCCC(=O)N(C)C)NCc1cc(OC)ccc1OC(F)F. The van der Waals surface area contributed by atoms with E-state index in [1.54, 1.807) is 33.3 Å². The molecule has 0 atom stereocenters. The molecule has 2 N–H and O–H groups in total. The van der Waals surface area contributed by atoms with Crippen LogP contribution >= 0.6 is 0 Å². The number of carbonyl (C=O) groups excluding carboxylic acids is 1. The van der Waals surface area contributed by atoms with E-state index in [0.29, 0.717) is 30.2 Å². The van der Waals surface area contributed by atoms with Gasteiger partial charge in [-0.25, -0.2) is 0 Å². The number of ether oxygens (including phenoxy) is 2. The van der Waals surface area contributed by atoms with Gasteiger partial charge in [-0.2, -0.15) is 8.78 Å². The number of rotatable bonds is 8. The van der Waals surface area contributed by atoms with Crippen LogP contribution in [-0.4, -0.2) is 58.2 Å². The summed E-state index contributed by atoms with van der Waals surface area (Å²) in [6.45, 7) is -2.32. The average molecular weight is 358 g/mol. The Morgan fingerprint density at radius 2 is 2.04 bits per heavy atom. The van der Waals surface area contributed by atoms with Crippen molar-refractivity contribution in [3.8, 4) is 11.5 Å². The second kappa shape index (κ2) is 10.3. The van der Waals surface area contributed by atoms with E-state index in [0.717, 1.165) is 0 Å². The lowest BCUT2D eigenvalue weighted by atomic mass is 10.2. The summed E-state index contributed by atoms with van der Waals surface area (Å²) in [6, 6.07) is 4.57. The predicted molar refractivity (Wildman–Crippen MR) is 91.1 cm³/mol. The Morgan fingerprint density at radius 3 is 2.60 bits per heavy atom. The summed E-state index contributed by atoms with van der Waals surface area (Å²) in [5.41, 5.74) is 0.493. The highest BCUT2D eigenvalue weighted by atomic mass is 19.3. The Balaban J connectivity index is 2.66. The molecule has 25 heavy (non-hydrogen) atoms. The molecular weight excluding hydrogens is 334 g/mol. The third kappa shape index (κ3) is 7.23. The number of guanidine groups is 1. The first-order chi connectivity index (χ1) is 11.9. The van der Waals surface area contributed by atoms with Crippen molar-refractivity contribution < 1.29 is 23.0 Å². The van der Waals surface area contributed by atoms with E-state index in [-0.39, 0.29) is 18.2 Å². The van der Waals surface area contributed by atoms with Crippen LogP contribution in [0, 0.1) is 0 Å². The number of amides is 1. The summed E-state index contributed by atoms with van der Waals surface area (Å²) in [5.74, 6) is 1.01. The molecule has 1 amide bonds. The molecule has 0 heterocycles. The van der Waals surface area contributed by atoms with Gasteiger partial charge in [-0.15, -0.1) is 0 Å². The molecule has 0 saturated heterocycles. The molecule has 0 fully saturated rings. The van der Waals surface area contributed by atoms with Crippen LogP contribution in [0.3, 0.4) is 0 Å². The van der Waals surface area contributed by atoms with Crippen molar-refractivity contribution in [3.05, 3.63) is 23.8 Å². The van der Waals surface area contributed by atoms with Crippen LogP contribution in [0.25, 0.3) is 0 Å². The van der Waals surface area contributed by atoms with Crippen LogP contribution in [0.15, 0.2) is 23.2 Å². The minimum atomic E-state index is -2.92. The Morgan fingerprint density at radius 1 is 1.32 bits per heavy atom. The molecule has 0 unspecified atom stereocenters. The smallest absolute Gasteiger partial charge is 0.387 e. The molecule has 7 nitrogen and oxygen atoms in total. The van der Waals surface area contributed by atoms with Gasteiger partial charge in [0.15, 0.2) is 5.96 Å². The Hall–Kier alpha value is -2.58. The van der Waals surface area contributed by atoms with Gasteiger partial charge in [0.25, 0.3) is 0 Å². The van der Waals surface area contributed by atoms with Crippen molar-refractivity contribution >= 4 is 11.9 Å². The number of carbonyl (C=O) groups is 1. The van der Waals surface area contributed by atoms with E-state index in [1.165, 1.54) is 18.1 Å². The molecule has 1 rings (SSSR count). The minimum absolute atomic E-state index is 0.0108. The van der Waals surface area contributed by atoms with Crippen LogP contribution in [0.2, 0.25) is 0 Å². The number of nitrogens with one attached hydrogen (secondary N) is 2. The molecular formula is C16H24F2N4O3. The summed E-state index contributed by atoms with van der Waals surface area (Å²) in [7, 11) is 6.43. The number of hydrogen-bond donors (Lipinski definition) is 2. The Labute approximate surface area is 146 Å². The maximum atomic E-state index is 12.5. The fourth-order valence-electron chi connectivity index (χ4n) is 1.94. The van der Waals surface area contributed by atoms with Gasteiger partial charge < -0.3 is 25.0 Å². The first kappa shape index (κ1) is 20.5. The quantitative estimate of drug-likeness (QED) is 0.543. The van der Waals surface area contributed by atoms with Gasteiger partial charge in [-0.3, -0.25) is 9.79 Å². The number of hydrogen-bond acceptors (Lipinski definition) is 4.